The Morgan fingerprint density at radius 3 is 1.22 bits per heavy atom. The zero-order chi connectivity index (χ0) is 19.6. The van der Waals surface area contributed by atoms with Crippen LogP contribution in [0.4, 0.5) is 0 Å². The molecule has 2 rings (SSSR count). The molecule has 0 heterocycles. The van der Waals surface area contributed by atoms with Crippen molar-refractivity contribution in [1.29, 1.82) is 0 Å². The number of benzene rings is 2. The second-order valence-electron chi connectivity index (χ2n) is 6.41. The molecule has 0 saturated heterocycles. The van der Waals surface area contributed by atoms with Crippen molar-refractivity contribution in [3.8, 4) is 0 Å². The Kier molecular flexibility index (Phi) is 8.33. The van der Waals surface area contributed by atoms with Crippen LogP contribution in [0.25, 0.3) is 0 Å². The summed E-state index contributed by atoms with van der Waals surface area (Å²) in [5.41, 5.74) is 1.80. The van der Waals surface area contributed by atoms with E-state index in [1.807, 2.05) is 60.7 Å². The molecule has 4 N–H and O–H groups in total. The molecule has 2 aromatic rings. The van der Waals surface area contributed by atoms with Crippen LogP contribution in [-0.2, 0) is 27.4 Å². The first-order chi connectivity index (χ1) is 12.9. The summed E-state index contributed by atoms with van der Waals surface area (Å²) in [6.45, 7) is -1.39. The lowest BCUT2D eigenvalue weighted by molar-refractivity contribution is -0.264. The largest absolute Gasteiger partial charge is 0.371 e. The molecule has 2 aromatic carbocycles. The smallest absolute Gasteiger partial charge is 0.211 e. The van der Waals surface area contributed by atoms with E-state index in [0.717, 1.165) is 11.1 Å². The summed E-state index contributed by atoms with van der Waals surface area (Å²) in [6.07, 6.45) is 0. The van der Waals surface area contributed by atoms with E-state index in [9.17, 15) is 20.4 Å². The summed E-state index contributed by atoms with van der Waals surface area (Å²) in [4.78, 5) is 0. The highest BCUT2D eigenvalue weighted by molar-refractivity contribution is 5.14. The number of ether oxygens (including phenoxy) is 3. The molecule has 148 valence electrons. The van der Waals surface area contributed by atoms with Gasteiger partial charge in [0.05, 0.1) is 13.2 Å². The summed E-state index contributed by atoms with van der Waals surface area (Å²) < 4.78 is 15.5. The van der Waals surface area contributed by atoms with Crippen LogP contribution in [0.3, 0.4) is 0 Å². The molecule has 27 heavy (non-hydrogen) atoms. The topological polar surface area (TPSA) is 109 Å². The average molecular weight is 378 g/mol. The maximum Gasteiger partial charge on any atom is 0.211 e. The Morgan fingerprint density at radius 2 is 0.852 bits per heavy atom. The molecule has 0 aliphatic rings. The van der Waals surface area contributed by atoms with Gasteiger partial charge < -0.3 is 34.6 Å². The maximum atomic E-state index is 9.83. The van der Waals surface area contributed by atoms with Crippen molar-refractivity contribution >= 4 is 0 Å². The highest BCUT2D eigenvalue weighted by Gasteiger charge is 2.28. The minimum absolute atomic E-state index is 0.223. The van der Waals surface area contributed by atoms with Gasteiger partial charge in [-0.1, -0.05) is 60.7 Å². The molecule has 0 radical (unpaired) electrons. The van der Waals surface area contributed by atoms with E-state index < -0.39 is 24.8 Å². The normalized spacial score (nSPS) is 12.3. The summed E-state index contributed by atoms with van der Waals surface area (Å²) in [5, 5.41) is 39.3. The standard InChI is InChI=1S/C20H26O7/c21-19(22,13-25-11-17-7-3-1-4-8-17)15-27-16-20(23,24)14-26-12-18-9-5-2-6-10-18/h1-10,21-24H,11-16H2. The van der Waals surface area contributed by atoms with Crippen molar-refractivity contribution in [2.75, 3.05) is 26.4 Å². The fraction of sp³-hybridized carbons (Fsp3) is 0.400. The zero-order valence-electron chi connectivity index (χ0n) is 15.0. The van der Waals surface area contributed by atoms with Crippen molar-refractivity contribution in [1.82, 2.24) is 0 Å². The summed E-state index contributed by atoms with van der Waals surface area (Å²) >= 11 is 0. The van der Waals surface area contributed by atoms with Gasteiger partial charge in [0.25, 0.3) is 0 Å². The monoisotopic (exact) mass is 378 g/mol. The second-order valence-corrected chi connectivity index (χ2v) is 6.41. The first kappa shape index (κ1) is 21.5. The van der Waals surface area contributed by atoms with Crippen molar-refractivity contribution in [2.24, 2.45) is 0 Å². The predicted octanol–water partition coefficient (Wildman–Crippen LogP) is 0.798. The Morgan fingerprint density at radius 1 is 0.519 bits per heavy atom. The van der Waals surface area contributed by atoms with Gasteiger partial charge in [0, 0.05) is 0 Å². The van der Waals surface area contributed by atoms with E-state index in [1.54, 1.807) is 0 Å². The quantitative estimate of drug-likeness (QED) is 0.405. The molecule has 7 heteroatoms. The third kappa shape index (κ3) is 9.07. The third-order valence-electron chi connectivity index (χ3n) is 3.56. The van der Waals surface area contributed by atoms with Crippen LogP contribution in [0.15, 0.2) is 60.7 Å². The van der Waals surface area contributed by atoms with Gasteiger partial charge in [0.1, 0.15) is 26.4 Å². The molecule has 0 unspecified atom stereocenters. The molecule has 0 aromatic heterocycles. The fourth-order valence-electron chi connectivity index (χ4n) is 2.27. The van der Waals surface area contributed by atoms with Gasteiger partial charge in [-0.3, -0.25) is 0 Å². The van der Waals surface area contributed by atoms with Crippen LogP contribution in [0, 0.1) is 0 Å². The first-order valence-corrected chi connectivity index (χ1v) is 8.57. The molecule has 7 nitrogen and oxygen atoms in total. The second kappa shape index (κ2) is 10.5. The SMILES string of the molecule is OC(O)(COCc1ccccc1)COCC(O)(O)COCc1ccccc1. The molecule has 0 bridgehead atoms. The summed E-state index contributed by atoms with van der Waals surface area (Å²) in [5.74, 6) is -4.48. The highest BCUT2D eigenvalue weighted by Crippen LogP contribution is 2.09. The minimum atomic E-state index is -2.24. The third-order valence-corrected chi connectivity index (χ3v) is 3.56. The Labute approximate surface area is 158 Å². The predicted molar refractivity (Wildman–Crippen MR) is 97.4 cm³/mol. The van der Waals surface area contributed by atoms with Crippen LogP contribution >= 0.6 is 0 Å². The van der Waals surface area contributed by atoms with Crippen molar-refractivity contribution in [2.45, 2.75) is 24.8 Å². The Balaban J connectivity index is 1.62. The van der Waals surface area contributed by atoms with Gasteiger partial charge in [0.15, 0.2) is 0 Å². The lowest BCUT2D eigenvalue weighted by atomic mass is 10.2. The molecule has 0 fully saturated rings. The zero-order valence-corrected chi connectivity index (χ0v) is 15.0. The number of rotatable bonds is 12. The molecule has 0 aliphatic heterocycles. The van der Waals surface area contributed by atoms with E-state index in [0.29, 0.717) is 0 Å². The van der Waals surface area contributed by atoms with Crippen molar-refractivity contribution in [3.63, 3.8) is 0 Å². The summed E-state index contributed by atoms with van der Waals surface area (Å²) in [7, 11) is 0. The molecular weight excluding hydrogens is 352 g/mol. The lowest BCUT2D eigenvalue weighted by Crippen LogP contribution is -2.44. The fourth-order valence-corrected chi connectivity index (χ4v) is 2.27. The molecule has 0 aliphatic carbocycles. The molecule has 0 spiro atoms. The summed E-state index contributed by atoms with van der Waals surface area (Å²) in [6, 6.07) is 18.6. The number of hydrogen-bond donors (Lipinski definition) is 4. The van der Waals surface area contributed by atoms with Gasteiger partial charge in [-0.25, -0.2) is 0 Å². The van der Waals surface area contributed by atoms with Crippen molar-refractivity contribution < 1.29 is 34.6 Å². The van der Waals surface area contributed by atoms with Crippen LogP contribution in [0.5, 0.6) is 0 Å². The van der Waals surface area contributed by atoms with Crippen LogP contribution < -0.4 is 0 Å². The van der Waals surface area contributed by atoms with Crippen molar-refractivity contribution in [3.05, 3.63) is 71.8 Å². The van der Waals surface area contributed by atoms with Gasteiger partial charge in [-0.2, -0.15) is 0 Å². The minimum Gasteiger partial charge on any atom is -0.371 e. The first-order valence-electron chi connectivity index (χ1n) is 8.57. The van der Waals surface area contributed by atoms with E-state index in [-0.39, 0.29) is 26.4 Å². The van der Waals surface area contributed by atoms with Gasteiger partial charge in [-0.05, 0) is 11.1 Å². The molecule has 0 atom stereocenters. The average Bonchev–Trinajstić information content (AvgIpc) is 2.63. The number of aliphatic hydroxyl groups is 4. The maximum absolute atomic E-state index is 9.83. The highest BCUT2D eigenvalue weighted by atomic mass is 16.6. The van der Waals surface area contributed by atoms with Crippen LogP contribution in [0.1, 0.15) is 11.1 Å². The number of hydrogen-bond acceptors (Lipinski definition) is 7. The van der Waals surface area contributed by atoms with Gasteiger partial charge in [-0.15, -0.1) is 0 Å². The van der Waals surface area contributed by atoms with Gasteiger partial charge in [0.2, 0.25) is 11.6 Å². The van der Waals surface area contributed by atoms with Crippen LogP contribution in [-0.4, -0.2) is 58.4 Å². The molecule has 0 saturated carbocycles. The van der Waals surface area contributed by atoms with E-state index in [1.165, 1.54) is 0 Å². The van der Waals surface area contributed by atoms with Crippen LogP contribution in [0.2, 0.25) is 0 Å². The van der Waals surface area contributed by atoms with Gasteiger partial charge >= 0.3 is 0 Å². The molecule has 0 amide bonds. The van der Waals surface area contributed by atoms with E-state index in [2.05, 4.69) is 0 Å². The Hall–Kier alpha value is -1.84. The molecular formula is C20H26O7. The van der Waals surface area contributed by atoms with E-state index in [4.69, 9.17) is 14.2 Å². The lowest BCUT2D eigenvalue weighted by Gasteiger charge is -2.25. The van der Waals surface area contributed by atoms with E-state index >= 15 is 0 Å². The Bertz CT molecular complexity index is 586.